The molecule has 5 rings (SSSR count). The summed E-state index contributed by atoms with van der Waals surface area (Å²) >= 11 is 12.4. The van der Waals surface area contributed by atoms with Crippen molar-refractivity contribution in [1.29, 1.82) is 0 Å². The van der Waals surface area contributed by atoms with Gasteiger partial charge in [-0.05, 0) is 80.9 Å². The number of aryl methyl sites for hydroxylation is 1. The summed E-state index contributed by atoms with van der Waals surface area (Å²) in [6, 6.07) is 14.5. The number of thiocarbonyl (C=S) groups is 1. The molecule has 0 bridgehead atoms. The van der Waals surface area contributed by atoms with Crippen LogP contribution in [0.5, 0.6) is 0 Å². The lowest BCUT2D eigenvalue weighted by molar-refractivity contribution is 0.0365. The molecule has 0 radical (unpaired) electrons. The third-order valence-corrected chi connectivity index (χ3v) is 8.21. The smallest absolute Gasteiger partial charge is 0.170 e. The van der Waals surface area contributed by atoms with E-state index in [9.17, 15) is 0 Å². The number of nitrogens with one attached hydrogen (secondary N) is 1. The number of rotatable bonds is 7. The molecular formula is C28H34ClN5OS. The number of nitrogens with zero attached hydrogens (tertiary/aromatic N) is 4. The maximum Gasteiger partial charge on any atom is 0.170 e. The first kappa shape index (κ1) is 25.2. The van der Waals surface area contributed by atoms with Crippen LogP contribution < -0.4 is 5.32 Å². The van der Waals surface area contributed by atoms with Gasteiger partial charge in [0.05, 0.1) is 31.0 Å². The Morgan fingerprint density at radius 3 is 2.64 bits per heavy atom. The van der Waals surface area contributed by atoms with Gasteiger partial charge < -0.3 is 19.5 Å². The number of hydrogen-bond acceptors (Lipinski definition) is 4. The van der Waals surface area contributed by atoms with Crippen molar-refractivity contribution in [2.75, 3.05) is 39.4 Å². The summed E-state index contributed by atoms with van der Waals surface area (Å²) in [5.41, 5.74) is 6.85. The van der Waals surface area contributed by atoms with Crippen molar-refractivity contribution < 1.29 is 4.74 Å². The Morgan fingerprint density at radius 1 is 1.08 bits per heavy atom. The number of benzene rings is 1. The standard InChI is InChI=1S/C28H34ClN5OS/c1-19-18-22(21(3)34(19)25-10-6-8-23(29)20(25)2)27-26(24-9-4-5-11-30-24)31-28(36)33(27)13-7-12-32-14-16-35-17-15-32/h4-6,8-11,18,26-27H,7,12-17H2,1-3H3,(H,31,36)/t26-,27+/m1/s1. The van der Waals surface area contributed by atoms with Gasteiger partial charge in [0.25, 0.3) is 0 Å². The Kier molecular flexibility index (Phi) is 7.62. The van der Waals surface area contributed by atoms with Crippen molar-refractivity contribution in [3.05, 3.63) is 81.9 Å². The van der Waals surface area contributed by atoms with Gasteiger partial charge in [-0.25, -0.2) is 0 Å². The van der Waals surface area contributed by atoms with Crippen LogP contribution in [0.25, 0.3) is 5.69 Å². The van der Waals surface area contributed by atoms with Crippen LogP contribution in [0.1, 0.15) is 46.7 Å². The Bertz CT molecular complexity index is 1220. The molecule has 2 atom stereocenters. The predicted octanol–water partition coefficient (Wildman–Crippen LogP) is 5.15. The second kappa shape index (κ2) is 10.9. The van der Waals surface area contributed by atoms with E-state index in [0.717, 1.165) is 72.9 Å². The predicted molar refractivity (Wildman–Crippen MR) is 149 cm³/mol. The van der Waals surface area contributed by atoms with E-state index in [0.29, 0.717) is 0 Å². The molecule has 2 saturated heterocycles. The lowest BCUT2D eigenvalue weighted by Gasteiger charge is -2.30. The minimum absolute atomic E-state index is 0.0171. The van der Waals surface area contributed by atoms with Gasteiger partial charge in [0.2, 0.25) is 0 Å². The minimum Gasteiger partial charge on any atom is -0.379 e. The van der Waals surface area contributed by atoms with Gasteiger partial charge in [-0.1, -0.05) is 23.7 Å². The van der Waals surface area contributed by atoms with Gasteiger partial charge in [-0.2, -0.15) is 0 Å². The molecule has 3 aromatic rings. The summed E-state index contributed by atoms with van der Waals surface area (Å²) in [5.74, 6) is 0. The quantitative estimate of drug-likeness (QED) is 0.432. The van der Waals surface area contributed by atoms with E-state index in [4.69, 9.17) is 33.5 Å². The number of halogens is 1. The van der Waals surface area contributed by atoms with E-state index >= 15 is 0 Å². The molecule has 0 spiro atoms. The summed E-state index contributed by atoms with van der Waals surface area (Å²) in [6.45, 7) is 12.0. The fourth-order valence-electron chi connectivity index (χ4n) is 5.57. The molecule has 2 aromatic heterocycles. The second-order valence-electron chi connectivity index (χ2n) is 9.67. The van der Waals surface area contributed by atoms with Gasteiger partial charge in [-0.15, -0.1) is 0 Å². The Morgan fingerprint density at radius 2 is 1.89 bits per heavy atom. The molecule has 2 aliphatic rings. The molecule has 0 unspecified atom stereocenters. The van der Waals surface area contributed by atoms with Crippen LogP contribution >= 0.6 is 23.8 Å². The SMILES string of the molecule is Cc1c(Cl)cccc1-n1c(C)cc([C@H]2[C@@H](c3ccccn3)NC(=S)N2CCCN2CCOCC2)c1C. The third-order valence-electron chi connectivity index (χ3n) is 7.44. The van der Waals surface area contributed by atoms with E-state index in [1.165, 1.54) is 17.0 Å². The molecular weight excluding hydrogens is 490 g/mol. The molecule has 2 aliphatic heterocycles. The van der Waals surface area contributed by atoms with E-state index in [1.807, 2.05) is 30.5 Å². The van der Waals surface area contributed by atoms with Crippen LogP contribution in [-0.2, 0) is 4.74 Å². The van der Waals surface area contributed by atoms with Gasteiger partial charge in [-0.3, -0.25) is 9.88 Å². The van der Waals surface area contributed by atoms with Crippen LogP contribution in [0, 0.1) is 20.8 Å². The molecule has 36 heavy (non-hydrogen) atoms. The van der Waals surface area contributed by atoms with Gasteiger partial charge in [0.15, 0.2) is 5.11 Å². The van der Waals surface area contributed by atoms with E-state index in [-0.39, 0.29) is 12.1 Å². The third kappa shape index (κ3) is 4.90. The second-order valence-corrected chi connectivity index (χ2v) is 10.5. The van der Waals surface area contributed by atoms with Crippen molar-refractivity contribution in [2.45, 2.75) is 39.3 Å². The molecule has 0 aliphatic carbocycles. The number of ether oxygens (including phenoxy) is 1. The van der Waals surface area contributed by atoms with Crippen LogP contribution in [0.4, 0.5) is 0 Å². The summed E-state index contributed by atoms with van der Waals surface area (Å²) < 4.78 is 7.83. The summed E-state index contributed by atoms with van der Waals surface area (Å²) in [4.78, 5) is 9.56. The van der Waals surface area contributed by atoms with Crippen LogP contribution in [0.3, 0.4) is 0 Å². The average molecular weight is 524 g/mol. The van der Waals surface area contributed by atoms with Gasteiger partial charge in [0.1, 0.15) is 0 Å². The molecule has 8 heteroatoms. The average Bonchev–Trinajstić information content (AvgIpc) is 3.37. The Hall–Kier alpha value is -2.45. The molecule has 6 nitrogen and oxygen atoms in total. The highest BCUT2D eigenvalue weighted by Gasteiger charge is 2.41. The number of morpholine rings is 1. The highest BCUT2D eigenvalue weighted by atomic mass is 35.5. The molecule has 0 saturated carbocycles. The van der Waals surface area contributed by atoms with Gasteiger partial charge in [0, 0.05) is 54.5 Å². The van der Waals surface area contributed by atoms with Gasteiger partial charge >= 0.3 is 0 Å². The Balaban J connectivity index is 1.50. The van der Waals surface area contributed by atoms with E-state index in [1.54, 1.807) is 0 Å². The first-order valence-corrected chi connectivity index (χ1v) is 13.5. The number of hydrogen-bond donors (Lipinski definition) is 1. The highest BCUT2D eigenvalue weighted by Crippen LogP contribution is 2.41. The van der Waals surface area contributed by atoms with Crippen molar-refractivity contribution in [1.82, 2.24) is 24.7 Å². The topological polar surface area (TPSA) is 45.6 Å². The zero-order valence-corrected chi connectivity index (χ0v) is 22.8. The fraction of sp³-hybridized carbons (Fsp3) is 0.429. The summed E-state index contributed by atoms with van der Waals surface area (Å²) in [7, 11) is 0. The largest absolute Gasteiger partial charge is 0.379 e. The molecule has 0 amide bonds. The fourth-order valence-corrected chi connectivity index (χ4v) is 6.07. The molecule has 1 N–H and O–H groups in total. The minimum atomic E-state index is -0.0171. The van der Waals surface area contributed by atoms with E-state index < -0.39 is 0 Å². The number of pyridine rings is 1. The molecule has 2 fully saturated rings. The zero-order chi connectivity index (χ0) is 25.2. The first-order chi connectivity index (χ1) is 17.5. The monoisotopic (exact) mass is 523 g/mol. The van der Waals surface area contributed by atoms with Crippen molar-refractivity contribution in [3.63, 3.8) is 0 Å². The highest BCUT2D eigenvalue weighted by molar-refractivity contribution is 7.80. The van der Waals surface area contributed by atoms with Crippen molar-refractivity contribution in [2.24, 2.45) is 0 Å². The Labute approximate surface area is 224 Å². The summed E-state index contributed by atoms with van der Waals surface area (Å²) in [5, 5.41) is 5.18. The van der Waals surface area contributed by atoms with E-state index in [2.05, 4.69) is 58.7 Å². The lowest BCUT2D eigenvalue weighted by Crippen LogP contribution is -2.39. The molecule has 190 valence electrons. The lowest BCUT2D eigenvalue weighted by atomic mass is 9.96. The number of aromatic nitrogens is 2. The molecule has 4 heterocycles. The van der Waals surface area contributed by atoms with Crippen LogP contribution in [0.2, 0.25) is 5.02 Å². The van der Waals surface area contributed by atoms with Crippen molar-refractivity contribution in [3.8, 4) is 5.69 Å². The summed E-state index contributed by atoms with van der Waals surface area (Å²) in [6.07, 6.45) is 2.90. The first-order valence-electron chi connectivity index (χ1n) is 12.7. The molecule has 1 aromatic carbocycles. The zero-order valence-electron chi connectivity index (χ0n) is 21.2. The van der Waals surface area contributed by atoms with Crippen LogP contribution in [-0.4, -0.2) is 63.9 Å². The van der Waals surface area contributed by atoms with Crippen LogP contribution in [0.15, 0.2) is 48.7 Å². The van der Waals surface area contributed by atoms with Crippen molar-refractivity contribution >= 4 is 28.9 Å². The maximum absolute atomic E-state index is 6.50. The maximum atomic E-state index is 6.50. The normalized spacial score (nSPS) is 20.7.